The number of nitrogens with zero attached hydrogens (tertiary/aromatic N) is 1. The van der Waals surface area contributed by atoms with Crippen LogP contribution in [0.1, 0.15) is 26.3 Å². The highest BCUT2D eigenvalue weighted by Gasteiger charge is 2.15. The largest absolute Gasteiger partial charge is 0.486 e. The van der Waals surface area contributed by atoms with E-state index in [0.29, 0.717) is 5.69 Å². The van der Waals surface area contributed by atoms with E-state index >= 15 is 0 Å². The lowest BCUT2D eigenvalue weighted by Crippen LogP contribution is -2.12. The van der Waals surface area contributed by atoms with Gasteiger partial charge < -0.3 is 15.2 Å². The summed E-state index contributed by atoms with van der Waals surface area (Å²) >= 11 is 12.5. The van der Waals surface area contributed by atoms with Crippen LogP contribution in [0.5, 0.6) is 5.75 Å². The third-order valence-electron chi connectivity index (χ3n) is 3.78. The van der Waals surface area contributed by atoms with E-state index in [4.69, 9.17) is 33.0 Å². The predicted molar refractivity (Wildman–Crippen MR) is 106 cm³/mol. The summed E-state index contributed by atoms with van der Waals surface area (Å²) < 4.78 is 5.66. The number of anilines is 1. The summed E-state index contributed by atoms with van der Waals surface area (Å²) in [5.41, 5.74) is 1.71. The lowest BCUT2D eigenvalue weighted by atomic mass is 10.1. The Morgan fingerprint density at radius 2 is 1.57 bits per heavy atom. The molecular weight excluding hydrogens is 403 g/mol. The third-order valence-corrected chi connectivity index (χ3v) is 4.34. The zero-order valence-electron chi connectivity index (χ0n) is 14.4. The Hall–Kier alpha value is -3.09. The lowest BCUT2D eigenvalue weighted by Gasteiger charge is -2.12. The first-order chi connectivity index (χ1) is 13.4. The van der Waals surface area contributed by atoms with Crippen molar-refractivity contribution in [1.82, 2.24) is 4.98 Å². The number of nitrogens with one attached hydrogen (secondary N) is 1. The molecule has 28 heavy (non-hydrogen) atoms. The van der Waals surface area contributed by atoms with Crippen LogP contribution in [0, 0.1) is 0 Å². The van der Waals surface area contributed by atoms with Crippen molar-refractivity contribution in [3.63, 3.8) is 0 Å². The summed E-state index contributed by atoms with van der Waals surface area (Å²) in [6.07, 6.45) is 3.30. The van der Waals surface area contributed by atoms with Crippen molar-refractivity contribution in [3.8, 4) is 5.75 Å². The molecule has 0 fully saturated rings. The van der Waals surface area contributed by atoms with E-state index in [1.807, 2.05) is 0 Å². The quantitative estimate of drug-likeness (QED) is 0.595. The molecule has 1 amide bonds. The number of hydrogen-bond donors (Lipinski definition) is 2. The molecule has 8 heteroatoms. The number of halogens is 2. The minimum atomic E-state index is -1.04. The minimum Gasteiger partial charge on any atom is -0.486 e. The fraction of sp³-hybridized carbons (Fsp3) is 0.0500. The first kappa shape index (κ1) is 19.7. The van der Waals surface area contributed by atoms with Crippen LogP contribution >= 0.6 is 23.2 Å². The summed E-state index contributed by atoms with van der Waals surface area (Å²) in [6.45, 7) is 0.253. The Balaban J connectivity index is 1.72. The summed E-state index contributed by atoms with van der Waals surface area (Å²) in [5, 5.41) is 12.0. The van der Waals surface area contributed by atoms with Gasteiger partial charge in [0.15, 0.2) is 5.75 Å². The number of carbonyl (C=O) groups is 2. The number of rotatable bonds is 6. The first-order valence-corrected chi connectivity index (χ1v) is 8.85. The Labute approximate surface area is 170 Å². The van der Waals surface area contributed by atoms with Crippen LogP contribution < -0.4 is 10.1 Å². The molecular formula is C20H14Cl2N2O4. The van der Waals surface area contributed by atoms with Gasteiger partial charge in [-0.25, -0.2) is 4.79 Å². The van der Waals surface area contributed by atoms with Crippen molar-refractivity contribution in [2.45, 2.75) is 6.61 Å². The maximum atomic E-state index is 12.4. The number of benzene rings is 2. The van der Waals surface area contributed by atoms with E-state index in [1.165, 1.54) is 36.4 Å². The maximum absolute atomic E-state index is 12.4. The second-order valence-electron chi connectivity index (χ2n) is 5.75. The van der Waals surface area contributed by atoms with E-state index in [9.17, 15) is 9.59 Å². The number of pyridine rings is 1. The van der Waals surface area contributed by atoms with Crippen LogP contribution in [-0.4, -0.2) is 22.0 Å². The molecule has 2 aromatic carbocycles. The fourth-order valence-corrected chi connectivity index (χ4v) is 2.96. The van der Waals surface area contributed by atoms with E-state index in [2.05, 4.69) is 10.3 Å². The molecule has 2 N–H and O–H groups in total. The topological polar surface area (TPSA) is 88.5 Å². The molecule has 0 unspecified atom stereocenters. The number of aromatic nitrogens is 1. The highest BCUT2D eigenvalue weighted by atomic mass is 35.5. The number of amides is 1. The Kier molecular flexibility index (Phi) is 6.13. The van der Waals surface area contributed by atoms with Gasteiger partial charge in [-0.05, 0) is 54.1 Å². The normalized spacial score (nSPS) is 10.4. The second-order valence-corrected chi connectivity index (χ2v) is 6.56. The fourth-order valence-electron chi connectivity index (χ4n) is 2.36. The van der Waals surface area contributed by atoms with E-state index in [0.717, 1.165) is 5.56 Å². The molecule has 0 aliphatic carbocycles. The second kappa shape index (κ2) is 8.73. The van der Waals surface area contributed by atoms with Crippen molar-refractivity contribution in [2.24, 2.45) is 0 Å². The van der Waals surface area contributed by atoms with Crippen LogP contribution in [0.4, 0.5) is 5.69 Å². The van der Waals surface area contributed by atoms with Crippen molar-refractivity contribution in [3.05, 3.63) is 87.7 Å². The van der Waals surface area contributed by atoms with Gasteiger partial charge >= 0.3 is 5.97 Å². The molecule has 142 valence electrons. The van der Waals surface area contributed by atoms with Crippen LogP contribution in [0.2, 0.25) is 10.0 Å². The number of carboxylic acids is 1. The van der Waals surface area contributed by atoms with Gasteiger partial charge in [0.25, 0.3) is 5.91 Å². The molecule has 0 spiro atoms. The van der Waals surface area contributed by atoms with Gasteiger partial charge in [0, 0.05) is 23.6 Å². The number of carboxylic acid groups (broad SMARTS) is 1. The maximum Gasteiger partial charge on any atom is 0.335 e. The molecule has 0 radical (unpaired) electrons. The minimum absolute atomic E-state index is 0.125. The highest BCUT2D eigenvalue weighted by Crippen LogP contribution is 2.35. The molecule has 3 aromatic rings. The third kappa shape index (κ3) is 4.79. The zero-order chi connectivity index (χ0) is 20.1. The average Bonchev–Trinajstić information content (AvgIpc) is 2.68. The number of ether oxygens (including phenoxy) is 1. The molecule has 0 aliphatic heterocycles. The molecule has 0 aliphatic rings. The lowest BCUT2D eigenvalue weighted by molar-refractivity contribution is 0.0696. The van der Waals surface area contributed by atoms with Crippen molar-refractivity contribution in [1.29, 1.82) is 0 Å². The molecule has 1 aromatic heterocycles. The van der Waals surface area contributed by atoms with Crippen molar-refractivity contribution < 1.29 is 19.4 Å². The summed E-state index contributed by atoms with van der Waals surface area (Å²) in [5.74, 6) is -1.20. The van der Waals surface area contributed by atoms with Gasteiger partial charge in [0.1, 0.15) is 6.61 Å². The van der Waals surface area contributed by atoms with E-state index < -0.39 is 11.9 Å². The SMILES string of the molecule is O=C(O)c1ccc(NC(=O)c2cc(Cl)c(OCc3ccncc3)c(Cl)c2)cc1. The van der Waals surface area contributed by atoms with Gasteiger partial charge in [-0.3, -0.25) is 9.78 Å². The van der Waals surface area contributed by atoms with Gasteiger partial charge in [-0.1, -0.05) is 23.2 Å². The molecule has 1 heterocycles. The molecule has 0 atom stereocenters. The Morgan fingerprint density at radius 3 is 2.14 bits per heavy atom. The van der Waals surface area contributed by atoms with Gasteiger partial charge in [0.2, 0.25) is 0 Å². The standard InChI is InChI=1S/C20H14Cl2N2O4/c21-16-9-14(19(25)24-15-3-1-13(2-4-15)20(26)27)10-17(22)18(16)28-11-12-5-7-23-8-6-12/h1-10H,11H2,(H,24,25)(H,26,27). The molecule has 0 saturated heterocycles. The van der Waals surface area contributed by atoms with Gasteiger partial charge in [-0.2, -0.15) is 0 Å². The number of aromatic carboxylic acids is 1. The highest BCUT2D eigenvalue weighted by molar-refractivity contribution is 6.37. The first-order valence-electron chi connectivity index (χ1n) is 8.09. The Bertz CT molecular complexity index is 985. The summed E-state index contributed by atoms with van der Waals surface area (Å²) in [7, 11) is 0. The summed E-state index contributed by atoms with van der Waals surface area (Å²) in [6, 6.07) is 12.3. The molecule has 6 nitrogen and oxygen atoms in total. The smallest absolute Gasteiger partial charge is 0.335 e. The summed E-state index contributed by atoms with van der Waals surface area (Å²) in [4.78, 5) is 27.2. The van der Waals surface area contributed by atoms with Crippen LogP contribution in [-0.2, 0) is 6.61 Å². The van der Waals surface area contributed by atoms with E-state index in [-0.39, 0.29) is 33.5 Å². The van der Waals surface area contributed by atoms with Gasteiger partial charge in [-0.15, -0.1) is 0 Å². The van der Waals surface area contributed by atoms with Gasteiger partial charge in [0.05, 0.1) is 15.6 Å². The zero-order valence-corrected chi connectivity index (χ0v) is 15.9. The van der Waals surface area contributed by atoms with Crippen LogP contribution in [0.25, 0.3) is 0 Å². The number of hydrogen-bond acceptors (Lipinski definition) is 4. The van der Waals surface area contributed by atoms with Crippen LogP contribution in [0.15, 0.2) is 60.9 Å². The van der Waals surface area contributed by atoms with Crippen LogP contribution in [0.3, 0.4) is 0 Å². The van der Waals surface area contributed by atoms with Crippen molar-refractivity contribution in [2.75, 3.05) is 5.32 Å². The average molecular weight is 417 g/mol. The Morgan fingerprint density at radius 1 is 0.964 bits per heavy atom. The molecule has 3 rings (SSSR count). The molecule has 0 bridgehead atoms. The monoisotopic (exact) mass is 416 g/mol. The van der Waals surface area contributed by atoms with E-state index in [1.54, 1.807) is 24.5 Å². The predicted octanol–water partition coefficient (Wildman–Crippen LogP) is 4.92. The molecule has 0 saturated carbocycles. The number of carbonyl (C=O) groups excluding carboxylic acids is 1. The van der Waals surface area contributed by atoms with Crippen molar-refractivity contribution >= 4 is 40.8 Å².